The quantitative estimate of drug-likeness (QED) is 0.266. The first kappa shape index (κ1) is 24.7. The fourth-order valence-electron chi connectivity index (χ4n) is 5.81. The van der Waals surface area contributed by atoms with Crippen LogP contribution in [-0.2, 0) is 9.59 Å². The van der Waals surface area contributed by atoms with Gasteiger partial charge < -0.3 is 0 Å². The van der Waals surface area contributed by atoms with Crippen molar-refractivity contribution in [3.63, 3.8) is 0 Å². The fraction of sp³-hybridized carbons (Fsp3) is 0.385. The van der Waals surface area contributed by atoms with Gasteiger partial charge in [-0.15, -0.1) is 0 Å². The Hall–Kier alpha value is -2.03. The summed E-state index contributed by atoms with van der Waals surface area (Å²) in [6.45, 7) is 3.45. The minimum Gasteiger partial charge on any atom is -0.292 e. The molecule has 1 saturated heterocycles. The van der Waals surface area contributed by atoms with Crippen molar-refractivity contribution in [3.05, 3.63) is 70.2 Å². The van der Waals surface area contributed by atoms with E-state index in [4.69, 9.17) is 11.6 Å². The van der Waals surface area contributed by atoms with Gasteiger partial charge in [0.15, 0.2) is 5.78 Å². The Morgan fingerprint density at radius 2 is 1.51 bits per heavy atom. The van der Waals surface area contributed by atoms with E-state index in [1.807, 2.05) is 6.92 Å². The zero-order valence-electron chi connectivity index (χ0n) is 19.0. The van der Waals surface area contributed by atoms with Crippen molar-refractivity contribution >= 4 is 67.0 Å². The van der Waals surface area contributed by atoms with Crippen molar-refractivity contribution in [2.24, 2.45) is 23.7 Å². The standard InChI is InChI=1S/C26H23Br2ClN2O4/c1-12-7-9-14(10-8-12)23(32)13(2)30(24(33)15-5-3-4-6-18(15)29)31-25(34)19-16-11-17(20(19)26(31)35)22(28)21(16)27/h3-10,13,16-17,19-22H,11H2,1-2H3/t13-,16+,17+,19+,20+,21-,22+/m0/s1. The van der Waals surface area contributed by atoms with Gasteiger partial charge in [-0.25, -0.2) is 5.01 Å². The van der Waals surface area contributed by atoms with Crippen LogP contribution >= 0.6 is 43.5 Å². The summed E-state index contributed by atoms with van der Waals surface area (Å²) in [4.78, 5) is 54.9. The summed E-state index contributed by atoms with van der Waals surface area (Å²) in [5.41, 5.74) is 1.50. The Labute approximate surface area is 225 Å². The van der Waals surface area contributed by atoms with Crippen molar-refractivity contribution in [2.45, 2.75) is 36.0 Å². The molecule has 0 spiro atoms. The number of hydrogen-bond donors (Lipinski definition) is 0. The number of hydrogen-bond acceptors (Lipinski definition) is 4. The second-order valence-electron chi connectivity index (χ2n) is 9.53. The van der Waals surface area contributed by atoms with Crippen molar-refractivity contribution in [1.82, 2.24) is 10.0 Å². The number of fused-ring (bicyclic) bond motifs is 5. The first-order chi connectivity index (χ1) is 16.6. The summed E-state index contributed by atoms with van der Waals surface area (Å²) in [5, 5.41) is 2.14. The molecule has 2 aromatic rings. The summed E-state index contributed by atoms with van der Waals surface area (Å²) >= 11 is 13.7. The Kier molecular flexibility index (Phi) is 6.43. The maximum absolute atomic E-state index is 13.8. The number of rotatable bonds is 5. The van der Waals surface area contributed by atoms with Crippen LogP contribution in [0.2, 0.25) is 5.02 Å². The third kappa shape index (κ3) is 3.80. The van der Waals surface area contributed by atoms with E-state index < -0.39 is 35.6 Å². The van der Waals surface area contributed by atoms with Crippen LogP contribution in [0.1, 0.15) is 39.6 Å². The summed E-state index contributed by atoms with van der Waals surface area (Å²) in [6, 6.07) is 12.3. The molecule has 6 nitrogen and oxygen atoms in total. The molecule has 1 aliphatic heterocycles. The number of alkyl halides is 2. The van der Waals surface area contributed by atoms with Crippen LogP contribution in [0, 0.1) is 30.6 Å². The van der Waals surface area contributed by atoms with Crippen LogP contribution in [0.5, 0.6) is 0 Å². The van der Waals surface area contributed by atoms with Crippen molar-refractivity contribution in [2.75, 3.05) is 0 Å². The lowest BCUT2D eigenvalue weighted by atomic mass is 9.81. The predicted octanol–water partition coefficient (Wildman–Crippen LogP) is 5.05. The fourth-order valence-corrected chi connectivity index (χ4v) is 7.90. The van der Waals surface area contributed by atoms with Crippen LogP contribution < -0.4 is 0 Å². The average Bonchev–Trinajstić information content (AvgIpc) is 3.45. The van der Waals surface area contributed by atoms with Crippen LogP contribution in [0.4, 0.5) is 0 Å². The molecule has 9 heteroatoms. The van der Waals surface area contributed by atoms with E-state index in [-0.39, 0.29) is 37.9 Å². The molecule has 0 unspecified atom stereocenters. The highest BCUT2D eigenvalue weighted by atomic mass is 79.9. The molecule has 182 valence electrons. The first-order valence-corrected chi connectivity index (χ1v) is 13.7. The van der Waals surface area contributed by atoms with Crippen molar-refractivity contribution in [1.29, 1.82) is 0 Å². The molecule has 2 bridgehead atoms. The largest absolute Gasteiger partial charge is 0.292 e. The number of carbonyl (C=O) groups excluding carboxylic acids is 4. The maximum Gasteiger partial charge on any atom is 0.275 e. The highest BCUT2D eigenvalue weighted by molar-refractivity contribution is 9.12. The van der Waals surface area contributed by atoms with E-state index in [9.17, 15) is 19.2 Å². The number of aryl methyl sites for hydroxylation is 1. The molecule has 2 aromatic carbocycles. The Balaban J connectivity index is 1.56. The van der Waals surface area contributed by atoms with Gasteiger partial charge in [0.1, 0.15) is 6.04 Å². The number of amides is 3. The number of benzene rings is 2. The lowest BCUT2D eigenvalue weighted by Gasteiger charge is -2.35. The number of halogens is 3. The number of imide groups is 1. The van der Waals surface area contributed by atoms with Crippen molar-refractivity contribution in [3.8, 4) is 0 Å². The number of nitrogens with zero attached hydrogens (tertiary/aromatic N) is 2. The summed E-state index contributed by atoms with van der Waals surface area (Å²) in [6.07, 6.45) is 0.767. The molecule has 2 aliphatic carbocycles. The minimum atomic E-state index is -1.11. The van der Waals surface area contributed by atoms with Gasteiger partial charge in [-0.05, 0) is 44.2 Å². The maximum atomic E-state index is 13.8. The molecule has 3 amide bonds. The average molecular weight is 623 g/mol. The van der Waals surface area contributed by atoms with Crippen molar-refractivity contribution < 1.29 is 19.2 Å². The monoisotopic (exact) mass is 620 g/mol. The van der Waals surface area contributed by atoms with Gasteiger partial charge in [-0.3, -0.25) is 19.2 Å². The lowest BCUT2D eigenvalue weighted by molar-refractivity contribution is -0.157. The molecular formula is C26H23Br2ClN2O4. The van der Waals surface area contributed by atoms with E-state index in [1.54, 1.807) is 49.4 Å². The Morgan fingerprint density at radius 3 is 2.06 bits per heavy atom. The Bertz CT molecular complexity index is 1200. The summed E-state index contributed by atoms with van der Waals surface area (Å²) in [5.74, 6) is -2.97. The van der Waals surface area contributed by atoms with Gasteiger partial charge in [-0.1, -0.05) is 85.4 Å². The third-order valence-corrected chi connectivity index (χ3v) is 11.1. The molecular weight excluding hydrogens is 600 g/mol. The third-order valence-electron chi connectivity index (χ3n) is 7.57. The lowest BCUT2D eigenvalue weighted by Crippen LogP contribution is -2.57. The smallest absolute Gasteiger partial charge is 0.275 e. The Morgan fingerprint density at radius 1 is 0.971 bits per heavy atom. The molecule has 1 heterocycles. The number of Topliss-reactive ketones (excluding diaryl/α,β-unsaturated/α-hetero) is 1. The second-order valence-corrected chi connectivity index (χ2v) is 12.0. The highest BCUT2D eigenvalue weighted by Crippen LogP contribution is 2.60. The topological polar surface area (TPSA) is 74.8 Å². The molecule has 2 saturated carbocycles. The summed E-state index contributed by atoms with van der Waals surface area (Å²) < 4.78 is 0. The zero-order chi connectivity index (χ0) is 25.2. The van der Waals surface area contributed by atoms with Crippen LogP contribution in [0.15, 0.2) is 48.5 Å². The van der Waals surface area contributed by atoms with E-state index in [0.717, 1.165) is 22.0 Å². The number of hydrazine groups is 1. The number of ketones is 1. The molecule has 35 heavy (non-hydrogen) atoms. The zero-order valence-corrected chi connectivity index (χ0v) is 23.0. The molecule has 7 atom stereocenters. The van der Waals surface area contributed by atoms with E-state index in [0.29, 0.717) is 5.56 Å². The van der Waals surface area contributed by atoms with E-state index in [1.165, 1.54) is 6.07 Å². The summed E-state index contributed by atoms with van der Waals surface area (Å²) in [7, 11) is 0. The van der Waals surface area contributed by atoms with Gasteiger partial charge in [0.25, 0.3) is 17.7 Å². The van der Waals surface area contributed by atoms with Gasteiger partial charge in [-0.2, -0.15) is 5.01 Å². The first-order valence-electron chi connectivity index (χ1n) is 11.5. The molecule has 5 rings (SSSR count). The highest BCUT2D eigenvalue weighted by Gasteiger charge is 2.68. The molecule has 3 fully saturated rings. The second kappa shape index (κ2) is 9.12. The van der Waals surface area contributed by atoms with Gasteiger partial charge in [0.2, 0.25) is 0 Å². The normalized spacial score (nSPS) is 29.9. The molecule has 3 aliphatic rings. The molecule has 0 radical (unpaired) electrons. The SMILES string of the molecule is Cc1ccc(C(=O)[C@H](C)N(C(=O)c2ccccc2Cl)N2C(=O)[C@@H]3[C@H]4C[C@@H]([C@@H](Br)[C@H]4Br)[C@H]3C2=O)cc1. The van der Waals surface area contributed by atoms with Crippen LogP contribution in [-0.4, -0.2) is 49.2 Å². The van der Waals surface area contributed by atoms with Gasteiger partial charge in [0.05, 0.1) is 22.4 Å². The molecule has 0 aromatic heterocycles. The van der Waals surface area contributed by atoms with E-state index in [2.05, 4.69) is 31.9 Å². The molecule has 0 N–H and O–H groups in total. The number of carbonyl (C=O) groups is 4. The predicted molar refractivity (Wildman–Crippen MR) is 138 cm³/mol. The van der Waals surface area contributed by atoms with Crippen LogP contribution in [0.25, 0.3) is 0 Å². The van der Waals surface area contributed by atoms with E-state index >= 15 is 0 Å². The minimum absolute atomic E-state index is 0.0174. The van der Waals surface area contributed by atoms with Gasteiger partial charge in [0, 0.05) is 15.2 Å². The van der Waals surface area contributed by atoms with Gasteiger partial charge >= 0.3 is 0 Å². The van der Waals surface area contributed by atoms with Crippen LogP contribution in [0.3, 0.4) is 0 Å².